The molecule has 0 aliphatic carbocycles. The second-order valence-electron chi connectivity index (χ2n) is 4.35. The maximum Gasteiger partial charge on any atom is 0.265 e. The molecule has 8 heteroatoms. The Kier molecular flexibility index (Phi) is 4.00. The predicted octanol–water partition coefficient (Wildman–Crippen LogP) is 3.14. The van der Waals surface area contributed by atoms with Crippen LogP contribution < -0.4 is 4.72 Å². The van der Waals surface area contributed by atoms with Gasteiger partial charge in [-0.15, -0.1) is 0 Å². The van der Waals surface area contributed by atoms with Crippen LogP contribution in [0.25, 0.3) is 0 Å². The number of hydrogen-bond acceptors (Lipinski definition) is 3. The first-order valence-electron chi connectivity index (χ1n) is 5.70. The second kappa shape index (κ2) is 5.27. The van der Waals surface area contributed by atoms with Crippen molar-refractivity contribution in [2.75, 3.05) is 4.72 Å². The van der Waals surface area contributed by atoms with Crippen LogP contribution in [0.5, 0.6) is 0 Å². The third kappa shape index (κ3) is 2.77. The van der Waals surface area contributed by atoms with Gasteiger partial charge in [0.1, 0.15) is 4.90 Å². The van der Waals surface area contributed by atoms with Crippen LogP contribution in [-0.4, -0.2) is 18.2 Å². The molecule has 2 aromatic rings. The molecule has 0 atom stereocenters. The van der Waals surface area contributed by atoms with E-state index in [4.69, 9.17) is 23.2 Å². The summed E-state index contributed by atoms with van der Waals surface area (Å²) in [5, 5.41) is 4.77. The number of nitrogens with zero attached hydrogens (tertiary/aromatic N) is 2. The predicted molar refractivity (Wildman–Crippen MR) is 80.0 cm³/mol. The van der Waals surface area contributed by atoms with Crippen molar-refractivity contribution in [2.24, 2.45) is 7.05 Å². The van der Waals surface area contributed by atoms with E-state index in [0.29, 0.717) is 16.4 Å². The van der Waals surface area contributed by atoms with Gasteiger partial charge in [-0.05, 0) is 32.0 Å². The number of aromatic nitrogens is 2. The minimum Gasteiger partial charge on any atom is -0.278 e. The van der Waals surface area contributed by atoms with Crippen molar-refractivity contribution in [3.8, 4) is 0 Å². The van der Waals surface area contributed by atoms with E-state index >= 15 is 0 Å². The number of rotatable bonds is 3. The topological polar surface area (TPSA) is 64.0 Å². The third-order valence-electron chi connectivity index (χ3n) is 2.89. The molecule has 0 bridgehead atoms. The van der Waals surface area contributed by atoms with E-state index in [1.807, 2.05) is 0 Å². The zero-order chi connectivity index (χ0) is 15.1. The van der Waals surface area contributed by atoms with Crippen LogP contribution >= 0.6 is 23.2 Å². The van der Waals surface area contributed by atoms with Gasteiger partial charge in [0, 0.05) is 12.1 Å². The summed E-state index contributed by atoms with van der Waals surface area (Å²) < 4.78 is 28.8. The van der Waals surface area contributed by atoms with Crippen molar-refractivity contribution in [3.63, 3.8) is 0 Å². The number of aryl methyl sites for hydroxylation is 2. The quantitative estimate of drug-likeness (QED) is 0.938. The molecule has 0 radical (unpaired) electrons. The van der Waals surface area contributed by atoms with E-state index in [1.54, 1.807) is 27.0 Å². The van der Waals surface area contributed by atoms with Gasteiger partial charge >= 0.3 is 0 Å². The highest BCUT2D eigenvalue weighted by Crippen LogP contribution is 2.29. The van der Waals surface area contributed by atoms with Crippen LogP contribution in [0.3, 0.4) is 0 Å². The monoisotopic (exact) mass is 333 g/mol. The van der Waals surface area contributed by atoms with Gasteiger partial charge in [-0.2, -0.15) is 5.10 Å². The normalized spacial score (nSPS) is 11.7. The number of nitrogens with one attached hydrogen (secondary N) is 1. The number of hydrogen-bond donors (Lipinski definition) is 1. The molecule has 20 heavy (non-hydrogen) atoms. The zero-order valence-electron chi connectivity index (χ0n) is 11.1. The van der Waals surface area contributed by atoms with Gasteiger partial charge in [-0.25, -0.2) is 8.42 Å². The van der Waals surface area contributed by atoms with Crippen molar-refractivity contribution in [3.05, 3.63) is 39.6 Å². The Bertz CT molecular complexity index is 769. The molecule has 1 aromatic heterocycles. The first kappa shape index (κ1) is 15.2. The maximum absolute atomic E-state index is 12.4. The first-order valence-corrected chi connectivity index (χ1v) is 7.94. The van der Waals surface area contributed by atoms with Crippen molar-refractivity contribution in [2.45, 2.75) is 18.7 Å². The van der Waals surface area contributed by atoms with Gasteiger partial charge in [0.15, 0.2) is 0 Å². The van der Waals surface area contributed by atoms with E-state index in [9.17, 15) is 8.42 Å². The van der Waals surface area contributed by atoms with Crippen LogP contribution in [0.15, 0.2) is 23.1 Å². The van der Waals surface area contributed by atoms with E-state index in [-0.39, 0.29) is 15.6 Å². The fourth-order valence-electron chi connectivity index (χ4n) is 1.91. The Labute approximate surface area is 127 Å². The van der Waals surface area contributed by atoms with Crippen LogP contribution in [-0.2, 0) is 17.1 Å². The first-order chi connectivity index (χ1) is 9.22. The molecule has 0 amide bonds. The molecule has 1 N–H and O–H groups in total. The van der Waals surface area contributed by atoms with Crippen molar-refractivity contribution in [1.82, 2.24) is 9.78 Å². The molecule has 1 heterocycles. The van der Waals surface area contributed by atoms with E-state index in [2.05, 4.69) is 9.82 Å². The summed E-state index contributed by atoms with van der Waals surface area (Å²) in [7, 11) is -2.06. The lowest BCUT2D eigenvalue weighted by Gasteiger charge is -2.10. The fourth-order valence-corrected chi connectivity index (χ4v) is 3.94. The highest BCUT2D eigenvalue weighted by Gasteiger charge is 2.24. The molecule has 2 rings (SSSR count). The van der Waals surface area contributed by atoms with Crippen LogP contribution in [0.4, 0.5) is 5.69 Å². The smallest absolute Gasteiger partial charge is 0.265 e. The Morgan fingerprint density at radius 3 is 2.40 bits per heavy atom. The van der Waals surface area contributed by atoms with Crippen molar-refractivity contribution >= 4 is 38.9 Å². The number of anilines is 1. The molecule has 0 spiro atoms. The average Bonchev–Trinajstić information content (AvgIpc) is 2.57. The molecule has 108 valence electrons. The van der Waals surface area contributed by atoms with Gasteiger partial charge in [0.2, 0.25) is 0 Å². The van der Waals surface area contributed by atoms with Crippen LogP contribution in [0.1, 0.15) is 11.4 Å². The summed E-state index contributed by atoms with van der Waals surface area (Å²) in [6, 6.07) is 4.56. The summed E-state index contributed by atoms with van der Waals surface area (Å²) in [4.78, 5) is 0.158. The molecule has 0 saturated carbocycles. The highest BCUT2D eigenvalue weighted by molar-refractivity contribution is 7.92. The molecule has 0 fully saturated rings. The number of sulfonamides is 1. The molecule has 5 nitrogen and oxygen atoms in total. The third-order valence-corrected chi connectivity index (χ3v) is 5.05. The Morgan fingerprint density at radius 1 is 1.25 bits per heavy atom. The Balaban J connectivity index is 2.46. The lowest BCUT2D eigenvalue weighted by atomic mass is 10.3. The summed E-state index contributed by atoms with van der Waals surface area (Å²) >= 11 is 11.8. The molecule has 1 aromatic carbocycles. The van der Waals surface area contributed by atoms with Gasteiger partial charge in [0.05, 0.1) is 22.1 Å². The Morgan fingerprint density at radius 2 is 1.90 bits per heavy atom. The lowest BCUT2D eigenvalue weighted by molar-refractivity contribution is 0.599. The SMILES string of the molecule is Cc1nn(C)c(C)c1S(=O)(=O)Nc1ccc(Cl)cc1Cl. The zero-order valence-corrected chi connectivity index (χ0v) is 13.4. The lowest BCUT2D eigenvalue weighted by Crippen LogP contribution is -2.15. The minimum atomic E-state index is -3.75. The molecule has 0 aliphatic rings. The standard InChI is InChI=1S/C12H13Cl2N3O2S/c1-7-12(8(2)17(3)15-7)20(18,19)16-11-5-4-9(13)6-10(11)14/h4-6,16H,1-3H3. The van der Waals surface area contributed by atoms with E-state index in [1.165, 1.54) is 16.8 Å². The van der Waals surface area contributed by atoms with Gasteiger partial charge < -0.3 is 0 Å². The molecule has 0 aliphatic heterocycles. The van der Waals surface area contributed by atoms with Crippen molar-refractivity contribution < 1.29 is 8.42 Å². The van der Waals surface area contributed by atoms with Gasteiger partial charge in [-0.1, -0.05) is 23.2 Å². The number of halogens is 2. The molecular weight excluding hydrogens is 321 g/mol. The Hall–Kier alpha value is -1.24. The molecule has 0 saturated heterocycles. The number of benzene rings is 1. The van der Waals surface area contributed by atoms with E-state index < -0.39 is 10.0 Å². The van der Waals surface area contributed by atoms with Gasteiger partial charge in [-0.3, -0.25) is 9.40 Å². The van der Waals surface area contributed by atoms with Crippen LogP contribution in [0.2, 0.25) is 10.0 Å². The molecule has 0 unspecified atom stereocenters. The highest BCUT2D eigenvalue weighted by atomic mass is 35.5. The summed E-state index contributed by atoms with van der Waals surface area (Å²) in [6.45, 7) is 3.34. The van der Waals surface area contributed by atoms with Crippen molar-refractivity contribution in [1.29, 1.82) is 0 Å². The summed E-state index contributed by atoms with van der Waals surface area (Å²) in [5.41, 5.74) is 1.27. The fraction of sp³-hybridized carbons (Fsp3) is 0.250. The second-order valence-corrected chi connectivity index (χ2v) is 6.82. The van der Waals surface area contributed by atoms with Gasteiger partial charge in [0.25, 0.3) is 10.0 Å². The molecular formula is C12H13Cl2N3O2S. The van der Waals surface area contributed by atoms with E-state index in [0.717, 1.165) is 0 Å². The van der Waals surface area contributed by atoms with Crippen LogP contribution in [0, 0.1) is 13.8 Å². The summed E-state index contributed by atoms with van der Waals surface area (Å²) in [6.07, 6.45) is 0. The minimum absolute atomic E-state index is 0.158. The maximum atomic E-state index is 12.4. The summed E-state index contributed by atoms with van der Waals surface area (Å²) in [5.74, 6) is 0. The largest absolute Gasteiger partial charge is 0.278 e. The average molecular weight is 334 g/mol.